The molecule has 3 nitrogen and oxygen atoms in total. The lowest BCUT2D eigenvalue weighted by molar-refractivity contribution is 0.0957. The number of fused-ring (bicyclic) bond motifs is 1. The molecule has 1 N–H and O–H groups in total. The first-order valence-electron chi connectivity index (χ1n) is 4.32. The van der Waals surface area contributed by atoms with Gasteiger partial charge in [0.2, 0.25) is 0 Å². The molecule has 0 aliphatic carbocycles. The Morgan fingerprint density at radius 2 is 2.21 bits per heavy atom. The zero-order valence-corrected chi connectivity index (χ0v) is 9.51. The number of hydrogen-bond acceptors (Lipinski definition) is 2. The van der Waals surface area contributed by atoms with Crippen LogP contribution < -0.4 is 10.1 Å². The van der Waals surface area contributed by atoms with Gasteiger partial charge in [-0.2, -0.15) is 0 Å². The lowest BCUT2D eigenvalue weighted by Gasteiger charge is -2.07. The van der Waals surface area contributed by atoms with Crippen molar-refractivity contribution < 1.29 is 9.53 Å². The van der Waals surface area contributed by atoms with Crippen molar-refractivity contribution in [2.24, 2.45) is 0 Å². The summed E-state index contributed by atoms with van der Waals surface area (Å²) in [6.45, 7) is 1.96. The van der Waals surface area contributed by atoms with Gasteiger partial charge in [-0.3, -0.25) is 4.79 Å². The van der Waals surface area contributed by atoms with Crippen LogP contribution in [0.3, 0.4) is 0 Å². The maximum Gasteiger partial charge on any atom is 0.253 e. The van der Waals surface area contributed by atoms with E-state index in [1.165, 1.54) is 0 Å². The number of halogens is 1. The van der Waals surface area contributed by atoms with Crippen LogP contribution in [0.25, 0.3) is 0 Å². The Balaban J connectivity index is 2.64. The molecule has 1 aromatic rings. The van der Waals surface area contributed by atoms with E-state index in [1.54, 1.807) is 7.11 Å². The van der Waals surface area contributed by atoms with Crippen molar-refractivity contribution in [1.82, 2.24) is 5.32 Å². The predicted molar refractivity (Wildman–Crippen MR) is 56.6 cm³/mol. The molecule has 4 heteroatoms. The predicted octanol–water partition coefficient (Wildman–Crippen LogP) is 2.26. The van der Waals surface area contributed by atoms with E-state index in [1.807, 2.05) is 19.1 Å². The van der Waals surface area contributed by atoms with Crippen molar-refractivity contribution >= 4 is 21.8 Å². The lowest BCUT2D eigenvalue weighted by atomic mass is 10.1. The molecule has 0 saturated carbocycles. The second kappa shape index (κ2) is 3.28. The van der Waals surface area contributed by atoms with Gasteiger partial charge < -0.3 is 10.1 Å². The second-order valence-electron chi connectivity index (χ2n) is 3.24. The first kappa shape index (κ1) is 9.52. The van der Waals surface area contributed by atoms with Gasteiger partial charge in [-0.15, -0.1) is 0 Å². The third kappa shape index (κ3) is 1.21. The summed E-state index contributed by atoms with van der Waals surface area (Å²) in [7, 11) is 1.59. The normalized spacial score (nSPS) is 19.1. The number of carbonyl (C=O) groups excluding carboxylic acids is 1. The third-order valence-electron chi connectivity index (χ3n) is 2.40. The Bertz CT molecular complexity index is 403. The molecule has 2 rings (SSSR count). The molecule has 1 heterocycles. The second-order valence-corrected chi connectivity index (χ2v) is 4.03. The van der Waals surface area contributed by atoms with Crippen LogP contribution in [0.1, 0.15) is 28.9 Å². The summed E-state index contributed by atoms with van der Waals surface area (Å²) in [6, 6.07) is 3.86. The molecule has 1 aromatic carbocycles. The summed E-state index contributed by atoms with van der Waals surface area (Å²) in [5.74, 6) is 0.645. The first-order chi connectivity index (χ1) is 6.65. The number of rotatable bonds is 1. The van der Waals surface area contributed by atoms with E-state index in [2.05, 4.69) is 21.2 Å². The highest BCUT2D eigenvalue weighted by atomic mass is 79.9. The fourth-order valence-corrected chi connectivity index (χ4v) is 2.37. The molecule has 0 radical (unpaired) electrons. The van der Waals surface area contributed by atoms with Crippen molar-refractivity contribution in [2.45, 2.75) is 13.0 Å². The van der Waals surface area contributed by atoms with Crippen LogP contribution in [-0.4, -0.2) is 13.0 Å². The van der Waals surface area contributed by atoms with Crippen LogP contribution in [0.2, 0.25) is 0 Å². The fraction of sp³-hybridized carbons (Fsp3) is 0.300. The molecule has 0 fully saturated rings. The largest absolute Gasteiger partial charge is 0.496 e. The lowest BCUT2D eigenvalue weighted by Crippen LogP contribution is -2.16. The first-order valence-corrected chi connectivity index (χ1v) is 5.11. The SMILES string of the molecule is COc1ccc2c(c1Br)C(=O)N[C@H]2C. The number of methoxy groups -OCH3 is 1. The Morgan fingerprint density at radius 1 is 1.50 bits per heavy atom. The highest BCUT2D eigenvalue weighted by molar-refractivity contribution is 9.10. The van der Waals surface area contributed by atoms with Gasteiger partial charge in [0.15, 0.2) is 0 Å². The van der Waals surface area contributed by atoms with Crippen molar-refractivity contribution in [3.05, 3.63) is 27.7 Å². The molecular formula is C10H10BrNO2. The summed E-state index contributed by atoms with van der Waals surface area (Å²) in [5, 5.41) is 2.85. The molecule has 0 aromatic heterocycles. The highest BCUT2D eigenvalue weighted by Crippen LogP contribution is 2.36. The van der Waals surface area contributed by atoms with Gasteiger partial charge in [0, 0.05) is 0 Å². The minimum Gasteiger partial charge on any atom is -0.496 e. The van der Waals surface area contributed by atoms with Gasteiger partial charge in [-0.1, -0.05) is 6.07 Å². The van der Waals surface area contributed by atoms with Gasteiger partial charge in [-0.25, -0.2) is 0 Å². The van der Waals surface area contributed by atoms with E-state index >= 15 is 0 Å². The molecule has 1 aliphatic rings. The number of benzene rings is 1. The molecule has 1 amide bonds. The number of ether oxygens (including phenoxy) is 1. The van der Waals surface area contributed by atoms with Crippen molar-refractivity contribution in [1.29, 1.82) is 0 Å². The quantitative estimate of drug-likeness (QED) is 0.836. The van der Waals surface area contributed by atoms with Crippen LogP contribution in [0.4, 0.5) is 0 Å². The molecule has 0 saturated heterocycles. The smallest absolute Gasteiger partial charge is 0.253 e. The Kier molecular flexibility index (Phi) is 2.23. The molecule has 14 heavy (non-hydrogen) atoms. The standard InChI is InChI=1S/C10H10BrNO2/c1-5-6-3-4-7(14-2)9(11)8(6)10(13)12-5/h3-5H,1-2H3,(H,12,13)/t5-/m0/s1. The topological polar surface area (TPSA) is 38.3 Å². The molecule has 1 aliphatic heterocycles. The Hall–Kier alpha value is -1.03. The van der Waals surface area contributed by atoms with E-state index in [0.29, 0.717) is 11.3 Å². The van der Waals surface area contributed by atoms with Crippen LogP contribution in [0, 0.1) is 0 Å². The summed E-state index contributed by atoms with van der Waals surface area (Å²) in [6.07, 6.45) is 0. The molecular weight excluding hydrogens is 246 g/mol. The summed E-state index contributed by atoms with van der Waals surface area (Å²) < 4.78 is 5.86. The minimum absolute atomic E-state index is 0.0433. The number of hydrogen-bond donors (Lipinski definition) is 1. The van der Waals surface area contributed by atoms with Gasteiger partial charge in [0.05, 0.1) is 23.2 Å². The molecule has 0 spiro atoms. The summed E-state index contributed by atoms with van der Waals surface area (Å²) in [4.78, 5) is 11.6. The van der Waals surface area contributed by atoms with Gasteiger partial charge in [0.25, 0.3) is 5.91 Å². The Morgan fingerprint density at radius 3 is 2.86 bits per heavy atom. The maximum absolute atomic E-state index is 11.6. The van der Waals surface area contributed by atoms with Crippen LogP contribution in [-0.2, 0) is 0 Å². The van der Waals surface area contributed by atoms with Crippen LogP contribution in [0.5, 0.6) is 5.75 Å². The summed E-state index contributed by atoms with van der Waals surface area (Å²) in [5.41, 5.74) is 1.71. The van der Waals surface area contributed by atoms with Gasteiger partial charge >= 0.3 is 0 Å². The molecule has 74 valence electrons. The monoisotopic (exact) mass is 255 g/mol. The zero-order valence-electron chi connectivity index (χ0n) is 7.93. The third-order valence-corrected chi connectivity index (χ3v) is 3.19. The fourth-order valence-electron chi connectivity index (χ4n) is 1.67. The van der Waals surface area contributed by atoms with E-state index in [9.17, 15) is 4.79 Å². The molecule has 1 atom stereocenters. The van der Waals surface area contributed by atoms with E-state index in [-0.39, 0.29) is 11.9 Å². The molecule has 0 bridgehead atoms. The van der Waals surface area contributed by atoms with E-state index < -0.39 is 0 Å². The Labute approximate surface area is 90.6 Å². The van der Waals surface area contributed by atoms with Crippen molar-refractivity contribution in [3.63, 3.8) is 0 Å². The zero-order chi connectivity index (χ0) is 10.3. The minimum atomic E-state index is -0.0433. The van der Waals surface area contributed by atoms with Gasteiger partial charge in [0.1, 0.15) is 5.75 Å². The number of amides is 1. The van der Waals surface area contributed by atoms with E-state index in [0.717, 1.165) is 10.0 Å². The van der Waals surface area contributed by atoms with Gasteiger partial charge in [-0.05, 0) is 34.5 Å². The highest BCUT2D eigenvalue weighted by Gasteiger charge is 2.28. The number of nitrogens with one attached hydrogen (secondary N) is 1. The van der Waals surface area contributed by atoms with E-state index in [4.69, 9.17) is 4.74 Å². The molecule has 0 unspecified atom stereocenters. The van der Waals surface area contributed by atoms with Crippen LogP contribution >= 0.6 is 15.9 Å². The van der Waals surface area contributed by atoms with Crippen molar-refractivity contribution in [3.8, 4) is 5.75 Å². The maximum atomic E-state index is 11.6. The van der Waals surface area contributed by atoms with Crippen LogP contribution in [0.15, 0.2) is 16.6 Å². The average molecular weight is 256 g/mol. The number of carbonyl (C=O) groups is 1. The average Bonchev–Trinajstić information content (AvgIpc) is 2.44. The summed E-state index contributed by atoms with van der Waals surface area (Å²) >= 11 is 3.37. The van der Waals surface area contributed by atoms with Crippen molar-refractivity contribution in [2.75, 3.05) is 7.11 Å².